The van der Waals surface area contributed by atoms with Crippen molar-refractivity contribution in [2.24, 2.45) is 7.05 Å². The van der Waals surface area contributed by atoms with Crippen LogP contribution in [0.2, 0.25) is 0 Å². The molecule has 0 fully saturated rings. The molecule has 0 aliphatic carbocycles. The molecule has 0 atom stereocenters. The van der Waals surface area contributed by atoms with Crippen molar-refractivity contribution in [3.63, 3.8) is 0 Å². The van der Waals surface area contributed by atoms with Gasteiger partial charge in [-0.05, 0) is 29.8 Å². The number of anilines is 1. The number of rotatable bonds is 10. The minimum absolute atomic E-state index is 0.0154. The fourth-order valence-corrected chi connectivity index (χ4v) is 4.23. The molecule has 0 saturated heterocycles. The van der Waals surface area contributed by atoms with E-state index in [1.807, 2.05) is 66.4 Å². The highest BCUT2D eigenvalue weighted by atomic mass is 16.5. The molecule has 0 bridgehead atoms. The number of nitrogens with one attached hydrogen (secondary N) is 1. The number of para-hydroxylation sites is 1. The maximum absolute atomic E-state index is 13.0. The topological polar surface area (TPSA) is 91.2 Å². The van der Waals surface area contributed by atoms with Gasteiger partial charge in [-0.1, -0.05) is 30.4 Å². The van der Waals surface area contributed by atoms with Crippen LogP contribution in [0.5, 0.6) is 28.7 Å². The summed E-state index contributed by atoms with van der Waals surface area (Å²) < 4.78 is 23.5. The lowest BCUT2D eigenvalue weighted by Crippen LogP contribution is -1.97. The molecule has 196 valence electrons. The standard InChI is InChI=1S/C30H30N2O6/c1-32-18-22(21-8-6-7-9-24(21)32)25(33)12-13-31-23-17-27(35-2)26(34)16-20(23)11-10-19-14-28(36-3)30(38-5)29(15-19)37-4/h6-18,31,34H,1-5H3/b11-10-,13-12-. The Morgan fingerprint density at radius 2 is 1.58 bits per heavy atom. The van der Waals surface area contributed by atoms with Crippen molar-refractivity contribution in [2.75, 3.05) is 33.8 Å². The maximum atomic E-state index is 13.0. The van der Waals surface area contributed by atoms with E-state index in [9.17, 15) is 9.90 Å². The Morgan fingerprint density at radius 1 is 0.895 bits per heavy atom. The van der Waals surface area contributed by atoms with Crippen molar-refractivity contribution >= 4 is 34.5 Å². The Hall–Kier alpha value is -4.85. The van der Waals surface area contributed by atoms with Gasteiger partial charge in [0.2, 0.25) is 5.75 Å². The molecular formula is C30H30N2O6. The van der Waals surface area contributed by atoms with E-state index in [1.54, 1.807) is 39.7 Å². The van der Waals surface area contributed by atoms with Crippen LogP contribution in [-0.4, -0.2) is 43.9 Å². The van der Waals surface area contributed by atoms with Crippen LogP contribution in [0, 0.1) is 0 Å². The van der Waals surface area contributed by atoms with Crippen LogP contribution >= 0.6 is 0 Å². The van der Waals surface area contributed by atoms with Crippen molar-refractivity contribution in [1.29, 1.82) is 0 Å². The molecule has 0 aliphatic rings. The van der Waals surface area contributed by atoms with Gasteiger partial charge in [0, 0.05) is 59.3 Å². The average Bonchev–Trinajstić information content (AvgIpc) is 3.28. The quantitative estimate of drug-likeness (QED) is 0.118. The van der Waals surface area contributed by atoms with Crippen LogP contribution < -0.4 is 24.3 Å². The van der Waals surface area contributed by atoms with Crippen molar-refractivity contribution in [3.8, 4) is 28.7 Å². The average molecular weight is 515 g/mol. The van der Waals surface area contributed by atoms with E-state index in [2.05, 4.69) is 5.32 Å². The van der Waals surface area contributed by atoms with Gasteiger partial charge >= 0.3 is 0 Å². The van der Waals surface area contributed by atoms with Gasteiger partial charge in [-0.2, -0.15) is 0 Å². The SMILES string of the molecule is COc1cc(N/C=C\C(=O)c2cn(C)c3ccccc23)c(/C=C\c2cc(OC)c(OC)c(OC)c2)cc1O. The number of allylic oxidation sites excluding steroid dienone is 1. The summed E-state index contributed by atoms with van der Waals surface area (Å²) in [6, 6.07) is 14.6. The summed E-state index contributed by atoms with van der Waals surface area (Å²) in [5.41, 5.74) is 3.69. The van der Waals surface area contributed by atoms with E-state index >= 15 is 0 Å². The van der Waals surface area contributed by atoms with Gasteiger partial charge in [0.05, 0.1) is 28.4 Å². The number of ether oxygens (including phenoxy) is 4. The number of carbonyl (C=O) groups is 1. The van der Waals surface area contributed by atoms with Gasteiger partial charge in [-0.25, -0.2) is 0 Å². The number of phenolic OH excluding ortho intramolecular Hbond substituents is 1. The fourth-order valence-electron chi connectivity index (χ4n) is 4.23. The molecule has 0 radical (unpaired) electrons. The number of aromatic hydroxyl groups is 1. The Kier molecular flexibility index (Phi) is 7.91. The number of carbonyl (C=O) groups excluding carboxylic acids is 1. The monoisotopic (exact) mass is 514 g/mol. The summed E-state index contributed by atoms with van der Waals surface area (Å²) in [7, 11) is 8.05. The predicted molar refractivity (Wildman–Crippen MR) is 150 cm³/mol. The Morgan fingerprint density at radius 3 is 2.24 bits per heavy atom. The normalized spacial score (nSPS) is 11.3. The highest BCUT2D eigenvalue weighted by Crippen LogP contribution is 2.39. The zero-order valence-electron chi connectivity index (χ0n) is 21.9. The number of ketones is 1. The van der Waals surface area contributed by atoms with Crippen LogP contribution in [0.15, 0.2) is 67.0 Å². The number of hydrogen-bond donors (Lipinski definition) is 2. The minimum Gasteiger partial charge on any atom is -0.504 e. The third-order valence-corrected chi connectivity index (χ3v) is 6.13. The number of nitrogens with zero attached hydrogens (tertiary/aromatic N) is 1. The lowest BCUT2D eigenvalue weighted by atomic mass is 10.1. The molecule has 1 heterocycles. The lowest BCUT2D eigenvalue weighted by molar-refractivity contribution is 0.104. The summed E-state index contributed by atoms with van der Waals surface area (Å²) in [5.74, 6) is 1.70. The van der Waals surface area contributed by atoms with E-state index in [0.717, 1.165) is 16.5 Å². The summed E-state index contributed by atoms with van der Waals surface area (Å²) >= 11 is 0. The van der Waals surface area contributed by atoms with E-state index in [0.29, 0.717) is 39.8 Å². The second kappa shape index (κ2) is 11.5. The highest BCUT2D eigenvalue weighted by molar-refractivity contribution is 6.13. The van der Waals surface area contributed by atoms with Gasteiger partial charge in [-0.3, -0.25) is 4.79 Å². The molecule has 0 unspecified atom stereocenters. The van der Waals surface area contributed by atoms with Crippen LogP contribution in [0.25, 0.3) is 23.1 Å². The molecule has 0 saturated carbocycles. The van der Waals surface area contributed by atoms with Crippen LogP contribution in [0.4, 0.5) is 5.69 Å². The Labute approximate surface area is 221 Å². The Balaban J connectivity index is 1.63. The molecule has 4 rings (SSSR count). The number of methoxy groups -OCH3 is 4. The second-order valence-electron chi connectivity index (χ2n) is 8.42. The molecule has 0 spiro atoms. The number of benzene rings is 3. The Bertz CT molecular complexity index is 1510. The van der Waals surface area contributed by atoms with Crippen molar-refractivity contribution < 1.29 is 28.8 Å². The number of aryl methyl sites for hydroxylation is 1. The van der Waals surface area contributed by atoms with Gasteiger partial charge < -0.3 is 33.9 Å². The minimum atomic E-state index is -0.130. The molecule has 38 heavy (non-hydrogen) atoms. The third-order valence-electron chi connectivity index (χ3n) is 6.13. The van der Waals surface area contributed by atoms with E-state index in [-0.39, 0.29) is 11.5 Å². The molecule has 1 aromatic heterocycles. The van der Waals surface area contributed by atoms with Crippen molar-refractivity contribution in [2.45, 2.75) is 0 Å². The summed E-state index contributed by atoms with van der Waals surface area (Å²) in [5, 5.41) is 14.4. The third kappa shape index (κ3) is 5.29. The number of aromatic nitrogens is 1. The molecule has 8 heteroatoms. The first-order valence-electron chi connectivity index (χ1n) is 11.8. The summed E-state index contributed by atoms with van der Waals surface area (Å²) in [4.78, 5) is 13.0. The lowest BCUT2D eigenvalue weighted by Gasteiger charge is -2.13. The van der Waals surface area contributed by atoms with E-state index in [1.165, 1.54) is 13.2 Å². The zero-order valence-corrected chi connectivity index (χ0v) is 21.9. The van der Waals surface area contributed by atoms with E-state index in [4.69, 9.17) is 18.9 Å². The van der Waals surface area contributed by atoms with Gasteiger partial charge in [-0.15, -0.1) is 0 Å². The molecule has 0 aliphatic heterocycles. The number of hydrogen-bond acceptors (Lipinski definition) is 7. The zero-order chi connectivity index (χ0) is 27.2. The predicted octanol–water partition coefficient (Wildman–Crippen LogP) is 5.90. The number of phenols is 1. The van der Waals surface area contributed by atoms with Gasteiger partial charge in [0.25, 0.3) is 0 Å². The first-order chi connectivity index (χ1) is 18.4. The fraction of sp³-hybridized carbons (Fsp3) is 0.167. The van der Waals surface area contributed by atoms with Gasteiger partial charge in [0.1, 0.15) is 0 Å². The van der Waals surface area contributed by atoms with Crippen molar-refractivity contribution in [1.82, 2.24) is 4.57 Å². The maximum Gasteiger partial charge on any atom is 0.203 e. The first kappa shape index (κ1) is 26.2. The van der Waals surface area contributed by atoms with Crippen molar-refractivity contribution in [3.05, 3.63) is 83.7 Å². The molecule has 8 nitrogen and oxygen atoms in total. The van der Waals surface area contributed by atoms with Crippen LogP contribution in [0.1, 0.15) is 21.5 Å². The van der Waals surface area contributed by atoms with Crippen LogP contribution in [0.3, 0.4) is 0 Å². The molecule has 0 amide bonds. The molecule has 3 aromatic carbocycles. The van der Waals surface area contributed by atoms with E-state index < -0.39 is 0 Å². The largest absolute Gasteiger partial charge is 0.504 e. The number of fused-ring (bicyclic) bond motifs is 1. The molecular weight excluding hydrogens is 484 g/mol. The van der Waals surface area contributed by atoms with Gasteiger partial charge in [0.15, 0.2) is 28.8 Å². The highest BCUT2D eigenvalue weighted by Gasteiger charge is 2.14. The molecule has 2 N–H and O–H groups in total. The summed E-state index contributed by atoms with van der Waals surface area (Å²) in [6.07, 6.45) is 8.55. The summed E-state index contributed by atoms with van der Waals surface area (Å²) in [6.45, 7) is 0. The van der Waals surface area contributed by atoms with Crippen LogP contribution in [-0.2, 0) is 7.05 Å². The molecule has 4 aromatic rings. The first-order valence-corrected chi connectivity index (χ1v) is 11.8. The smallest absolute Gasteiger partial charge is 0.203 e. The second-order valence-corrected chi connectivity index (χ2v) is 8.42.